The lowest BCUT2D eigenvalue weighted by Gasteiger charge is -2.32. The predicted molar refractivity (Wildman–Crippen MR) is 92.0 cm³/mol. The van der Waals surface area contributed by atoms with Crippen molar-refractivity contribution in [3.8, 4) is 0 Å². The third kappa shape index (κ3) is 3.96. The predicted octanol–water partition coefficient (Wildman–Crippen LogP) is 2.91. The molecular weight excluding hydrogens is 345 g/mol. The van der Waals surface area contributed by atoms with Crippen LogP contribution in [0, 0.1) is 5.82 Å². The Hall–Kier alpha value is -2.47. The molecule has 2 aromatic rings. The maximum atomic E-state index is 13.9. The molecule has 25 heavy (non-hydrogen) atoms. The fourth-order valence-electron chi connectivity index (χ4n) is 2.86. The van der Waals surface area contributed by atoms with Crippen molar-refractivity contribution in [2.75, 3.05) is 13.1 Å². The van der Waals surface area contributed by atoms with Crippen LogP contribution >= 0.6 is 11.6 Å². The average Bonchev–Trinajstić information content (AvgIpc) is 2.63. The fourth-order valence-corrected chi connectivity index (χ4v) is 3.10. The van der Waals surface area contributed by atoms with E-state index in [0.717, 1.165) is 0 Å². The molecule has 1 fully saturated rings. The van der Waals surface area contributed by atoms with E-state index in [9.17, 15) is 14.0 Å². The van der Waals surface area contributed by atoms with E-state index in [4.69, 9.17) is 11.6 Å². The number of carbonyl (C=O) groups excluding carboxylic acids is 2. The highest BCUT2D eigenvalue weighted by Gasteiger charge is 2.27. The first-order chi connectivity index (χ1) is 12.1. The minimum Gasteiger partial charge on any atom is -0.349 e. The Morgan fingerprint density at radius 1 is 1.16 bits per heavy atom. The van der Waals surface area contributed by atoms with Crippen LogP contribution in [0.15, 0.2) is 42.7 Å². The van der Waals surface area contributed by atoms with Crippen molar-refractivity contribution in [3.63, 3.8) is 0 Å². The van der Waals surface area contributed by atoms with Crippen molar-refractivity contribution in [2.45, 2.75) is 18.9 Å². The summed E-state index contributed by atoms with van der Waals surface area (Å²) in [5.41, 5.74) is 0.454. The third-order valence-corrected chi connectivity index (χ3v) is 4.55. The summed E-state index contributed by atoms with van der Waals surface area (Å²) in [5, 5.41) is 3.06. The van der Waals surface area contributed by atoms with Crippen LogP contribution in [-0.4, -0.2) is 40.8 Å². The van der Waals surface area contributed by atoms with Crippen LogP contribution in [0.25, 0.3) is 0 Å². The second-order valence-electron chi connectivity index (χ2n) is 5.87. The first-order valence-corrected chi connectivity index (χ1v) is 8.38. The third-order valence-electron chi connectivity index (χ3n) is 4.24. The summed E-state index contributed by atoms with van der Waals surface area (Å²) in [6, 6.07) is 7.46. The van der Waals surface area contributed by atoms with Crippen molar-refractivity contribution in [1.29, 1.82) is 0 Å². The number of halogens is 2. The standard InChI is InChI=1S/C18H17ClFN3O2/c19-14-2-1-3-15(20)16(14)18(25)23-10-6-13(7-11-23)22-17(24)12-4-8-21-9-5-12/h1-5,8-9,13H,6-7,10-11H2,(H,22,24). The highest BCUT2D eigenvalue weighted by atomic mass is 35.5. The van der Waals surface area contributed by atoms with Crippen molar-refractivity contribution < 1.29 is 14.0 Å². The number of nitrogens with one attached hydrogen (secondary N) is 1. The molecule has 3 rings (SSSR count). The molecule has 7 heteroatoms. The quantitative estimate of drug-likeness (QED) is 0.914. The molecular formula is C18H17ClFN3O2. The Morgan fingerprint density at radius 2 is 1.84 bits per heavy atom. The van der Waals surface area contributed by atoms with Crippen molar-refractivity contribution >= 4 is 23.4 Å². The van der Waals surface area contributed by atoms with Gasteiger partial charge in [-0.05, 0) is 37.1 Å². The number of benzene rings is 1. The molecule has 2 amide bonds. The fraction of sp³-hybridized carbons (Fsp3) is 0.278. The Labute approximate surface area is 149 Å². The Kier molecular flexibility index (Phi) is 5.28. The number of likely N-dealkylation sites (tertiary alicyclic amines) is 1. The van der Waals surface area contributed by atoms with E-state index in [2.05, 4.69) is 10.3 Å². The number of rotatable bonds is 3. The molecule has 0 unspecified atom stereocenters. The molecule has 0 spiro atoms. The SMILES string of the molecule is O=C(NC1CCN(C(=O)c2c(F)cccc2Cl)CC1)c1ccncc1. The lowest BCUT2D eigenvalue weighted by atomic mass is 10.0. The molecule has 0 radical (unpaired) electrons. The monoisotopic (exact) mass is 361 g/mol. The summed E-state index contributed by atoms with van der Waals surface area (Å²) < 4.78 is 13.9. The molecule has 0 bridgehead atoms. The number of piperidine rings is 1. The molecule has 1 aliphatic rings. The van der Waals surface area contributed by atoms with E-state index in [1.54, 1.807) is 29.4 Å². The van der Waals surface area contributed by atoms with Gasteiger partial charge < -0.3 is 10.2 Å². The zero-order chi connectivity index (χ0) is 17.8. The van der Waals surface area contributed by atoms with Gasteiger partial charge in [0.1, 0.15) is 5.82 Å². The summed E-state index contributed by atoms with van der Waals surface area (Å²) in [6.45, 7) is 0.871. The van der Waals surface area contributed by atoms with Crippen molar-refractivity contribution in [2.24, 2.45) is 0 Å². The topological polar surface area (TPSA) is 62.3 Å². The first-order valence-electron chi connectivity index (χ1n) is 8.00. The smallest absolute Gasteiger partial charge is 0.258 e. The van der Waals surface area contributed by atoms with Crippen molar-refractivity contribution in [3.05, 3.63) is 64.7 Å². The molecule has 1 aromatic heterocycles. The Morgan fingerprint density at radius 3 is 2.48 bits per heavy atom. The van der Waals surface area contributed by atoms with Gasteiger partial charge in [-0.25, -0.2) is 4.39 Å². The van der Waals surface area contributed by atoms with Gasteiger partial charge in [-0.3, -0.25) is 14.6 Å². The molecule has 5 nitrogen and oxygen atoms in total. The van der Waals surface area contributed by atoms with Gasteiger partial charge >= 0.3 is 0 Å². The molecule has 0 saturated carbocycles. The number of amides is 2. The molecule has 2 heterocycles. The number of nitrogens with zero attached hydrogens (tertiary/aromatic N) is 2. The van der Waals surface area contributed by atoms with E-state index in [0.29, 0.717) is 31.5 Å². The average molecular weight is 362 g/mol. The highest BCUT2D eigenvalue weighted by molar-refractivity contribution is 6.33. The molecule has 0 atom stereocenters. The number of hydrogen-bond donors (Lipinski definition) is 1. The highest BCUT2D eigenvalue weighted by Crippen LogP contribution is 2.22. The van der Waals surface area contributed by atoms with E-state index in [1.807, 2.05) is 0 Å². The molecule has 1 saturated heterocycles. The molecule has 0 aliphatic carbocycles. The van der Waals surface area contributed by atoms with Crippen LogP contribution in [0.1, 0.15) is 33.6 Å². The van der Waals surface area contributed by atoms with Gasteiger partial charge in [0.25, 0.3) is 11.8 Å². The van der Waals surface area contributed by atoms with Gasteiger partial charge in [-0.1, -0.05) is 17.7 Å². The van der Waals surface area contributed by atoms with Gasteiger partial charge in [0.05, 0.1) is 10.6 Å². The lowest BCUT2D eigenvalue weighted by Crippen LogP contribution is -2.46. The molecule has 1 aromatic carbocycles. The van der Waals surface area contributed by atoms with Gasteiger partial charge in [-0.2, -0.15) is 0 Å². The van der Waals surface area contributed by atoms with E-state index >= 15 is 0 Å². The second-order valence-corrected chi connectivity index (χ2v) is 6.28. The van der Waals surface area contributed by atoms with Crippen LogP contribution in [0.2, 0.25) is 5.02 Å². The van der Waals surface area contributed by atoms with E-state index < -0.39 is 11.7 Å². The maximum Gasteiger partial charge on any atom is 0.258 e. The van der Waals surface area contributed by atoms with Gasteiger partial charge in [0.15, 0.2) is 0 Å². The number of carbonyl (C=O) groups is 2. The van der Waals surface area contributed by atoms with E-state index in [-0.39, 0.29) is 22.5 Å². The largest absolute Gasteiger partial charge is 0.349 e. The number of hydrogen-bond acceptors (Lipinski definition) is 3. The van der Waals surface area contributed by atoms with Crippen LogP contribution < -0.4 is 5.32 Å². The minimum atomic E-state index is -0.620. The zero-order valence-electron chi connectivity index (χ0n) is 13.4. The molecule has 1 N–H and O–H groups in total. The van der Waals surface area contributed by atoms with Crippen molar-refractivity contribution in [1.82, 2.24) is 15.2 Å². The minimum absolute atomic E-state index is 0.0270. The lowest BCUT2D eigenvalue weighted by molar-refractivity contribution is 0.0694. The van der Waals surface area contributed by atoms with Crippen LogP contribution in [0.5, 0.6) is 0 Å². The number of pyridine rings is 1. The first kappa shape index (κ1) is 17.4. The summed E-state index contributed by atoms with van der Waals surface area (Å²) in [5.74, 6) is -1.20. The Bertz CT molecular complexity index is 757. The summed E-state index contributed by atoms with van der Waals surface area (Å²) in [6.07, 6.45) is 4.34. The van der Waals surface area contributed by atoms with Gasteiger partial charge in [0, 0.05) is 37.1 Å². The van der Waals surface area contributed by atoms with Gasteiger partial charge in [-0.15, -0.1) is 0 Å². The summed E-state index contributed by atoms with van der Waals surface area (Å²) in [4.78, 5) is 30.1. The number of aromatic nitrogens is 1. The van der Waals surface area contributed by atoms with Crippen LogP contribution in [0.4, 0.5) is 4.39 Å². The summed E-state index contributed by atoms with van der Waals surface area (Å²) >= 11 is 5.96. The maximum absolute atomic E-state index is 13.9. The van der Waals surface area contributed by atoms with Crippen LogP contribution in [-0.2, 0) is 0 Å². The summed E-state index contributed by atoms with van der Waals surface area (Å²) in [7, 11) is 0. The van der Waals surface area contributed by atoms with E-state index in [1.165, 1.54) is 18.2 Å². The van der Waals surface area contributed by atoms with Crippen LogP contribution in [0.3, 0.4) is 0 Å². The molecule has 130 valence electrons. The second kappa shape index (κ2) is 7.61. The normalized spacial score (nSPS) is 15.0. The van der Waals surface area contributed by atoms with Gasteiger partial charge in [0.2, 0.25) is 0 Å². The Balaban J connectivity index is 1.59. The zero-order valence-corrected chi connectivity index (χ0v) is 14.2. The molecule has 1 aliphatic heterocycles.